The molecule has 0 saturated carbocycles. The highest BCUT2D eigenvalue weighted by atomic mass is 14.8. The summed E-state index contributed by atoms with van der Waals surface area (Å²) in [6.45, 7) is 0. The van der Waals surface area contributed by atoms with Crippen molar-refractivity contribution < 1.29 is 0 Å². The molecule has 2 aliphatic carbocycles. The molecule has 0 atom stereocenters. The third-order valence-corrected chi connectivity index (χ3v) is 11.1. The molecule has 0 unspecified atom stereocenters. The lowest BCUT2D eigenvalue weighted by molar-refractivity contribution is 0.809. The number of nitrogens with zero attached hydrogens (tertiary/aromatic N) is 2. The standard InChI is InChI=1S/C49H30N2/c1-2-11-36-32(10-1)23-27-40-41-28-25-35-30-34(31-19-21-33(22-20-31)44-17-9-18-46(51-44)45-16-7-8-29-50-45)24-26-37(35)48(41)49(47(36)40)42-14-5-3-12-38(42)39-13-4-6-15-43(39)49/h1-30H. The molecule has 11 rings (SSSR count). The average Bonchev–Trinajstić information content (AvgIpc) is 3.69. The van der Waals surface area contributed by atoms with E-state index in [0.717, 1.165) is 22.6 Å². The SMILES string of the molecule is c1ccc(-c2cccc(-c3ccc(-c4ccc5c6c(ccc5c4)-c4ccc5ccccc5c4C64c5ccccc5-c5ccccc54)cc3)n2)nc1. The molecule has 0 fully saturated rings. The molecule has 236 valence electrons. The maximum absolute atomic E-state index is 4.93. The van der Waals surface area contributed by atoms with Gasteiger partial charge in [0.1, 0.15) is 0 Å². The summed E-state index contributed by atoms with van der Waals surface area (Å²) in [5.41, 5.74) is 16.6. The molecule has 0 amide bonds. The van der Waals surface area contributed by atoms with E-state index in [1.807, 2.05) is 30.5 Å². The molecule has 2 heteroatoms. The summed E-state index contributed by atoms with van der Waals surface area (Å²) in [7, 11) is 0. The summed E-state index contributed by atoms with van der Waals surface area (Å²) in [6.07, 6.45) is 1.81. The van der Waals surface area contributed by atoms with Crippen molar-refractivity contribution in [1.82, 2.24) is 9.97 Å². The van der Waals surface area contributed by atoms with E-state index in [-0.39, 0.29) is 0 Å². The van der Waals surface area contributed by atoms with Crippen molar-refractivity contribution in [2.45, 2.75) is 5.41 Å². The summed E-state index contributed by atoms with van der Waals surface area (Å²) in [4.78, 5) is 9.42. The van der Waals surface area contributed by atoms with Crippen LogP contribution in [0.3, 0.4) is 0 Å². The van der Waals surface area contributed by atoms with Gasteiger partial charge in [0, 0.05) is 11.8 Å². The number of aromatic nitrogens is 2. The molecule has 1 spiro atoms. The molecule has 2 aromatic heterocycles. The molecule has 51 heavy (non-hydrogen) atoms. The lowest BCUT2D eigenvalue weighted by Gasteiger charge is -2.32. The van der Waals surface area contributed by atoms with Gasteiger partial charge in [0.25, 0.3) is 0 Å². The Bertz CT molecular complexity index is 2800. The summed E-state index contributed by atoms with van der Waals surface area (Å²) in [5.74, 6) is 0. The molecule has 9 aromatic rings. The molecule has 2 aliphatic rings. The molecule has 2 nitrogen and oxygen atoms in total. The third-order valence-electron chi connectivity index (χ3n) is 11.1. The highest BCUT2D eigenvalue weighted by Gasteiger charge is 2.53. The first-order valence-electron chi connectivity index (χ1n) is 17.6. The van der Waals surface area contributed by atoms with Crippen LogP contribution in [0.1, 0.15) is 22.3 Å². The van der Waals surface area contributed by atoms with Gasteiger partial charge in [0.15, 0.2) is 0 Å². The van der Waals surface area contributed by atoms with Crippen LogP contribution in [0.4, 0.5) is 0 Å². The van der Waals surface area contributed by atoms with Gasteiger partial charge < -0.3 is 0 Å². The Balaban J connectivity index is 1.09. The highest BCUT2D eigenvalue weighted by Crippen LogP contribution is 2.65. The fraction of sp³-hybridized carbons (Fsp3) is 0.0204. The molecule has 0 bridgehead atoms. The predicted octanol–water partition coefficient (Wildman–Crippen LogP) is 12.1. The lowest BCUT2D eigenvalue weighted by Crippen LogP contribution is -2.26. The largest absolute Gasteiger partial charge is 0.255 e. The van der Waals surface area contributed by atoms with Crippen LogP contribution < -0.4 is 0 Å². The minimum atomic E-state index is -0.418. The van der Waals surface area contributed by atoms with Gasteiger partial charge >= 0.3 is 0 Å². The Morgan fingerprint density at radius 2 is 0.941 bits per heavy atom. The molecular formula is C49H30N2. The van der Waals surface area contributed by atoms with Gasteiger partial charge in [-0.15, -0.1) is 0 Å². The summed E-state index contributed by atoms with van der Waals surface area (Å²) >= 11 is 0. The number of hydrogen-bond donors (Lipinski definition) is 0. The Labute approximate surface area is 296 Å². The van der Waals surface area contributed by atoms with E-state index in [9.17, 15) is 0 Å². The first kappa shape index (κ1) is 28.2. The zero-order valence-corrected chi connectivity index (χ0v) is 27.7. The van der Waals surface area contributed by atoms with Crippen LogP contribution in [0, 0.1) is 0 Å². The monoisotopic (exact) mass is 646 g/mol. The van der Waals surface area contributed by atoms with Gasteiger partial charge in [0.05, 0.1) is 22.5 Å². The van der Waals surface area contributed by atoms with Crippen LogP contribution >= 0.6 is 0 Å². The third kappa shape index (κ3) is 3.93. The van der Waals surface area contributed by atoms with Gasteiger partial charge in [-0.3, -0.25) is 4.98 Å². The molecule has 2 heterocycles. The van der Waals surface area contributed by atoms with Crippen LogP contribution in [-0.4, -0.2) is 9.97 Å². The Kier molecular flexibility index (Phi) is 5.91. The van der Waals surface area contributed by atoms with E-state index in [1.54, 1.807) is 0 Å². The summed E-state index contributed by atoms with van der Waals surface area (Å²) in [5, 5.41) is 5.15. The minimum absolute atomic E-state index is 0.418. The van der Waals surface area contributed by atoms with Crippen molar-refractivity contribution in [1.29, 1.82) is 0 Å². The Hall–Kier alpha value is -6.64. The first-order valence-corrected chi connectivity index (χ1v) is 17.6. The minimum Gasteiger partial charge on any atom is -0.255 e. The topological polar surface area (TPSA) is 25.8 Å². The molecule has 0 aliphatic heterocycles. The Morgan fingerprint density at radius 1 is 0.353 bits per heavy atom. The van der Waals surface area contributed by atoms with Crippen LogP contribution in [-0.2, 0) is 5.41 Å². The van der Waals surface area contributed by atoms with Crippen molar-refractivity contribution >= 4 is 21.5 Å². The summed E-state index contributed by atoms with van der Waals surface area (Å²) < 4.78 is 0. The van der Waals surface area contributed by atoms with Crippen molar-refractivity contribution in [2.24, 2.45) is 0 Å². The van der Waals surface area contributed by atoms with Gasteiger partial charge in [-0.1, -0.05) is 146 Å². The smallest absolute Gasteiger partial charge is 0.0893 e. The predicted molar refractivity (Wildman–Crippen MR) is 210 cm³/mol. The van der Waals surface area contributed by atoms with E-state index < -0.39 is 5.41 Å². The normalized spacial score (nSPS) is 13.3. The second kappa shape index (κ2) is 10.7. The number of pyridine rings is 2. The maximum atomic E-state index is 4.93. The molecule has 0 saturated heterocycles. The molecule has 0 N–H and O–H groups in total. The number of benzene rings is 7. The van der Waals surface area contributed by atoms with Crippen LogP contribution in [0.15, 0.2) is 182 Å². The zero-order valence-electron chi connectivity index (χ0n) is 27.7. The van der Waals surface area contributed by atoms with Crippen LogP contribution in [0.2, 0.25) is 0 Å². The van der Waals surface area contributed by atoms with Gasteiger partial charge in [0.2, 0.25) is 0 Å². The maximum Gasteiger partial charge on any atom is 0.0893 e. The second-order valence-corrected chi connectivity index (χ2v) is 13.7. The molecular weight excluding hydrogens is 617 g/mol. The highest BCUT2D eigenvalue weighted by molar-refractivity contribution is 6.09. The van der Waals surface area contributed by atoms with Crippen molar-refractivity contribution in [3.63, 3.8) is 0 Å². The number of rotatable bonds is 3. The van der Waals surface area contributed by atoms with Crippen LogP contribution in [0.5, 0.6) is 0 Å². The van der Waals surface area contributed by atoms with Crippen molar-refractivity contribution in [3.8, 4) is 56.0 Å². The zero-order chi connectivity index (χ0) is 33.5. The summed E-state index contributed by atoms with van der Waals surface area (Å²) in [6, 6.07) is 64.3. The van der Waals surface area contributed by atoms with E-state index in [0.29, 0.717) is 0 Å². The first-order chi connectivity index (χ1) is 25.3. The van der Waals surface area contributed by atoms with E-state index in [1.165, 1.54) is 77.2 Å². The number of hydrogen-bond acceptors (Lipinski definition) is 2. The average molecular weight is 647 g/mol. The van der Waals surface area contributed by atoms with E-state index in [4.69, 9.17) is 4.98 Å². The fourth-order valence-electron chi connectivity index (χ4n) is 9.02. The van der Waals surface area contributed by atoms with Crippen molar-refractivity contribution in [2.75, 3.05) is 0 Å². The Morgan fingerprint density at radius 3 is 1.69 bits per heavy atom. The van der Waals surface area contributed by atoms with Gasteiger partial charge in [-0.05, 0) is 108 Å². The van der Waals surface area contributed by atoms with Crippen molar-refractivity contribution in [3.05, 3.63) is 204 Å². The fourth-order valence-corrected chi connectivity index (χ4v) is 9.02. The molecule has 7 aromatic carbocycles. The quantitative estimate of drug-likeness (QED) is 0.191. The molecule has 0 radical (unpaired) electrons. The second-order valence-electron chi connectivity index (χ2n) is 13.7. The number of fused-ring (bicyclic) bond motifs is 14. The van der Waals surface area contributed by atoms with E-state index >= 15 is 0 Å². The van der Waals surface area contributed by atoms with Crippen LogP contribution in [0.25, 0.3) is 77.6 Å². The van der Waals surface area contributed by atoms with E-state index in [2.05, 4.69) is 157 Å². The lowest BCUT2D eigenvalue weighted by atomic mass is 9.68. The van der Waals surface area contributed by atoms with Gasteiger partial charge in [-0.2, -0.15) is 0 Å². The van der Waals surface area contributed by atoms with Gasteiger partial charge in [-0.25, -0.2) is 4.98 Å².